The second-order valence-corrected chi connectivity index (χ2v) is 8.52. The summed E-state index contributed by atoms with van der Waals surface area (Å²) in [5.41, 5.74) is 1.35. The number of carbonyl (C=O) groups is 1. The molecule has 1 N–H and O–H groups in total. The minimum Gasteiger partial charge on any atom is -0.351 e. The summed E-state index contributed by atoms with van der Waals surface area (Å²) >= 11 is 0. The maximum absolute atomic E-state index is 12.8. The largest absolute Gasteiger partial charge is 0.351 e. The molecular weight excluding hydrogens is 350 g/mol. The third kappa shape index (κ3) is 4.27. The molecule has 4 rings (SSSR count). The molecule has 0 bridgehead atoms. The highest BCUT2D eigenvalue weighted by Gasteiger charge is 2.29. The van der Waals surface area contributed by atoms with Crippen molar-refractivity contribution in [3.63, 3.8) is 0 Å². The summed E-state index contributed by atoms with van der Waals surface area (Å²) in [5, 5.41) is 12.0. The number of hydrogen-bond acceptors (Lipinski definition) is 4. The summed E-state index contributed by atoms with van der Waals surface area (Å²) in [7, 11) is 0. The molecule has 3 heterocycles. The van der Waals surface area contributed by atoms with Crippen molar-refractivity contribution in [2.24, 2.45) is 5.92 Å². The summed E-state index contributed by atoms with van der Waals surface area (Å²) in [6.07, 6.45) is 3.73. The molecule has 6 heteroatoms. The van der Waals surface area contributed by atoms with Crippen LogP contribution in [-0.2, 0) is 24.3 Å². The molecular formula is C22H31N5O. The number of benzene rings is 1. The second kappa shape index (κ2) is 8.43. The third-order valence-electron chi connectivity index (χ3n) is 6.05. The number of fused-ring (bicyclic) bond motifs is 1. The lowest BCUT2D eigenvalue weighted by atomic mass is 9.94. The average molecular weight is 382 g/mol. The Hall–Kier alpha value is -2.21. The molecule has 1 atom stereocenters. The van der Waals surface area contributed by atoms with Gasteiger partial charge in [-0.2, -0.15) is 0 Å². The van der Waals surface area contributed by atoms with E-state index in [1.54, 1.807) is 0 Å². The predicted molar refractivity (Wildman–Crippen MR) is 109 cm³/mol. The van der Waals surface area contributed by atoms with Crippen LogP contribution in [0.4, 0.5) is 0 Å². The van der Waals surface area contributed by atoms with Gasteiger partial charge in [0, 0.05) is 37.4 Å². The standard InChI is InChI=1S/C22H31N5O/c1-16(2)21-25-24-20-9-8-19(15-27(20)21)23-22(28)18-10-12-26(13-11-18)14-17-6-4-3-5-7-17/h3-7,16,18-19H,8-15H2,1-2H3,(H,23,28). The van der Waals surface area contributed by atoms with Crippen LogP contribution in [0, 0.1) is 5.92 Å². The van der Waals surface area contributed by atoms with E-state index in [0.29, 0.717) is 5.92 Å². The first kappa shape index (κ1) is 19.1. The molecule has 2 aromatic rings. The van der Waals surface area contributed by atoms with Crippen molar-refractivity contribution in [2.75, 3.05) is 13.1 Å². The number of nitrogens with zero attached hydrogens (tertiary/aromatic N) is 4. The summed E-state index contributed by atoms with van der Waals surface area (Å²) in [5.74, 6) is 2.81. The van der Waals surface area contributed by atoms with Crippen LogP contribution < -0.4 is 5.32 Å². The molecule has 2 aliphatic heterocycles. The van der Waals surface area contributed by atoms with Gasteiger partial charge in [-0.1, -0.05) is 44.2 Å². The monoisotopic (exact) mass is 381 g/mol. The molecule has 1 fully saturated rings. The van der Waals surface area contributed by atoms with Gasteiger partial charge in [0.15, 0.2) is 0 Å². The molecule has 6 nitrogen and oxygen atoms in total. The Balaban J connectivity index is 1.27. The van der Waals surface area contributed by atoms with E-state index >= 15 is 0 Å². The number of amides is 1. The van der Waals surface area contributed by atoms with Gasteiger partial charge in [0.05, 0.1) is 0 Å². The minimum absolute atomic E-state index is 0.138. The van der Waals surface area contributed by atoms with E-state index in [1.165, 1.54) is 5.56 Å². The summed E-state index contributed by atoms with van der Waals surface area (Å²) in [6, 6.07) is 10.8. The molecule has 0 saturated carbocycles. The van der Waals surface area contributed by atoms with Gasteiger partial charge in [-0.25, -0.2) is 0 Å². The highest BCUT2D eigenvalue weighted by molar-refractivity contribution is 5.79. The number of aromatic nitrogens is 3. The third-order valence-corrected chi connectivity index (χ3v) is 6.05. The maximum atomic E-state index is 12.8. The molecule has 150 valence electrons. The normalized spacial score (nSPS) is 20.9. The van der Waals surface area contributed by atoms with E-state index in [4.69, 9.17) is 0 Å². The van der Waals surface area contributed by atoms with Crippen LogP contribution in [-0.4, -0.2) is 44.7 Å². The smallest absolute Gasteiger partial charge is 0.223 e. The zero-order chi connectivity index (χ0) is 19.5. The summed E-state index contributed by atoms with van der Waals surface area (Å²) in [6.45, 7) is 8.04. The van der Waals surface area contributed by atoms with Gasteiger partial charge in [-0.3, -0.25) is 9.69 Å². The summed E-state index contributed by atoms with van der Waals surface area (Å²) < 4.78 is 2.21. The van der Waals surface area contributed by atoms with E-state index in [2.05, 4.69) is 69.2 Å². The maximum Gasteiger partial charge on any atom is 0.223 e. The molecule has 1 aromatic carbocycles. The van der Waals surface area contributed by atoms with Gasteiger partial charge in [-0.05, 0) is 37.9 Å². The number of carbonyl (C=O) groups excluding carboxylic acids is 1. The predicted octanol–water partition coefficient (Wildman–Crippen LogP) is 2.74. The Kier molecular flexibility index (Phi) is 5.76. The first-order valence-corrected chi connectivity index (χ1v) is 10.6. The molecule has 0 radical (unpaired) electrons. The second-order valence-electron chi connectivity index (χ2n) is 8.52. The van der Waals surface area contributed by atoms with Crippen LogP contribution >= 0.6 is 0 Å². The fourth-order valence-electron chi connectivity index (χ4n) is 4.41. The minimum atomic E-state index is 0.138. The molecule has 1 saturated heterocycles. The first-order chi connectivity index (χ1) is 13.6. The molecule has 1 amide bonds. The van der Waals surface area contributed by atoms with Crippen molar-refractivity contribution in [1.82, 2.24) is 25.0 Å². The van der Waals surface area contributed by atoms with Crippen molar-refractivity contribution in [2.45, 2.75) is 64.6 Å². The van der Waals surface area contributed by atoms with E-state index in [1.807, 2.05) is 0 Å². The average Bonchev–Trinajstić information content (AvgIpc) is 3.13. The molecule has 28 heavy (non-hydrogen) atoms. The van der Waals surface area contributed by atoms with Crippen LogP contribution in [0.2, 0.25) is 0 Å². The SMILES string of the molecule is CC(C)c1nnc2n1CC(NC(=O)C1CCN(Cc3ccccc3)CC1)CC2. The van der Waals surface area contributed by atoms with Gasteiger partial charge >= 0.3 is 0 Å². The zero-order valence-corrected chi connectivity index (χ0v) is 17.0. The van der Waals surface area contributed by atoms with Crippen molar-refractivity contribution in [1.29, 1.82) is 0 Å². The molecule has 2 aliphatic rings. The molecule has 1 unspecified atom stereocenters. The van der Waals surface area contributed by atoms with Gasteiger partial charge in [-0.15, -0.1) is 10.2 Å². The van der Waals surface area contributed by atoms with Crippen molar-refractivity contribution in [3.05, 3.63) is 47.5 Å². The van der Waals surface area contributed by atoms with Crippen LogP contribution in [0.1, 0.15) is 56.2 Å². The topological polar surface area (TPSA) is 63.1 Å². The van der Waals surface area contributed by atoms with Crippen LogP contribution in [0.3, 0.4) is 0 Å². The van der Waals surface area contributed by atoms with Crippen LogP contribution in [0.5, 0.6) is 0 Å². The zero-order valence-electron chi connectivity index (χ0n) is 17.0. The van der Waals surface area contributed by atoms with Gasteiger partial charge in [0.2, 0.25) is 5.91 Å². The fraction of sp³-hybridized carbons (Fsp3) is 0.591. The Morgan fingerprint density at radius 3 is 2.61 bits per heavy atom. The number of hydrogen-bond donors (Lipinski definition) is 1. The van der Waals surface area contributed by atoms with Crippen molar-refractivity contribution < 1.29 is 4.79 Å². The number of piperidine rings is 1. The lowest BCUT2D eigenvalue weighted by Gasteiger charge is -2.33. The van der Waals surface area contributed by atoms with E-state index in [9.17, 15) is 4.79 Å². The Labute approximate surface area is 167 Å². The Bertz CT molecular complexity index is 793. The number of likely N-dealkylation sites (tertiary alicyclic amines) is 1. The first-order valence-electron chi connectivity index (χ1n) is 10.6. The van der Waals surface area contributed by atoms with Gasteiger partial charge in [0.25, 0.3) is 0 Å². The molecule has 0 spiro atoms. The Morgan fingerprint density at radius 1 is 1.14 bits per heavy atom. The Morgan fingerprint density at radius 2 is 1.89 bits per heavy atom. The number of rotatable bonds is 5. The number of nitrogens with one attached hydrogen (secondary N) is 1. The van der Waals surface area contributed by atoms with E-state index < -0.39 is 0 Å². The highest BCUT2D eigenvalue weighted by atomic mass is 16.2. The quantitative estimate of drug-likeness (QED) is 0.865. The number of aryl methyl sites for hydroxylation is 1. The fourth-order valence-corrected chi connectivity index (χ4v) is 4.41. The van der Waals surface area contributed by atoms with Crippen molar-refractivity contribution >= 4 is 5.91 Å². The van der Waals surface area contributed by atoms with Gasteiger partial charge < -0.3 is 9.88 Å². The highest BCUT2D eigenvalue weighted by Crippen LogP contribution is 2.22. The summed E-state index contributed by atoms with van der Waals surface area (Å²) in [4.78, 5) is 15.3. The van der Waals surface area contributed by atoms with Crippen molar-refractivity contribution in [3.8, 4) is 0 Å². The molecule has 1 aromatic heterocycles. The van der Waals surface area contributed by atoms with Crippen LogP contribution in [0.25, 0.3) is 0 Å². The van der Waals surface area contributed by atoms with Crippen LogP contribution in [0.15, 0.2) is 30.3 Å². The lowest BCUT2D eigenvalue weighted by molar-refractivity contribution is -0.127. The van der Waals surface area contributed by atoms with Gasteiger partial charge in [0.1, 0.15) is 11.6 Å². The van der Waals surface area contributed by atoms with E-state index in [0.717, 1.165) is 63.5 Å². The lowest BCUT2D eigenvalue weighted by Crippen LogP contribution is -2.46. The molecule has 0 aliphatic carbocycles. The van der Waals surface area contributed by atoms with E-state index in [-0.39, 0.29) is 17.9 Å².